The zero-order chi connectivity index (χ0) is 22.2. The molecule has 0 aliphatic rings. The predicted octanol–water partition coefficient (Wildman–Crippen LogP) is 3.00. The van der Waals surface area contributed by atoms with Crippen LogP contribution in [-0.4, -0.2) is 46.1 Å². The molecule has 0 atom stereocenters. The monoisotopic (exact) mass is 444 g/mol. The normalized spacial score (nSPS) is 10.5. The van der Waals surface area contributed by atoms with Gasteiger partial charge in [0.25, 0.3) is 5.91 Å². The molecule has 8 nitrogen and oxygen atoms in total. The van der Waals surface area contributed by atoms with Crippen LogP contribution in [-0.2, 0) is 16.1 Å². The van der Waals surface area contributed by atoms with Crippen LogP contribution in [0.25, 0.3) is 5.69 Å². The van der Waals surface area contributed by atoms with Crippen LogP contribution in [0.5, 0.6) is 5.75 Å². The molecule has 0 aliphatic heterocycles. The lowest BCUT2D eigenvalue weighted by atomic mass is 10.2. The summed E-state index contributed by atoms with van der Waals surface area (Å²) in [6.45, 7) is 2.44. The summed E-state index contributed by atoms with van der Waals surface area (Å²) in [5, 5.41) is 11.4. The number of hydrogen-bond acceptors (Lipinski definition) is 7. The van der Waals surface area contributed by atoms with Crippen molar-refractivity contribution < 1.29 is 23.5 Å². The third kappa shape index (κ3) is 5.60. The first-order valence-electron chi connectivity index (χ1n) is 9.43. The van der Waals surface area contributed by atoms with Gasteiger partial charge < -0.3 is 14.8 Å². The van der Waals surface area contributed by atoms with Crippen LogP contribution in [0.2, 0.25) is 0 Å². The SMILES string of the molecule is CCOc1ccc(-n2c(CNC(=O)c3ccccc3F)nnc2SCC(=O)OC)cc1. The van der Waals surface area contributed by atoms with E-state index in [4.69, 9.17) is 4.74 Å². The highest BCUT2D eigenvalue weighted by Gasteiger charge is 2.18. The number of ether oxygens (including phenoxy) is 2. The molecule has 0 aliphatic carbocycles. The van der Waals surface area contributed by atoms with Crippen molar-refractivity contribution in [2.45, 2.75) is 18.6 Å². The van der Waals surface area contributed by atoms with Gasteiger partial charge in [-0.05, 0) is 43.3 Å². The molecule has 0 fully saturated rings. The van der Waals surface area contributed by atoms with Crippen LogP contribution >= 0.6 is 11.8 Å². The Labute approximate surface area is 182 Å². The molecule has 0 saturated carbocycles. The lowest BCUT2D eigenvalue weighted by Gasteiger charge is -2.12. The highest BCUT2D eigenvalue weighted by atomic mass is 32.2. The Balaban J connectivity index is 1.85. The van der Waals surface area contributed by atoms with Gasteiger partial charge in [0.1, 0.15) is 11.6 Å². The Morgan fingerprint density at radius 2 is 1.87 bits per heavy atom. The number of methoxy groups -OCH3 is 1. The Kier molecular flexibility index (Phi) is 7.60. The van der Waals surface area contributed by atoms with Gasteiger partial charge in [0.05, 0.1) is 31.6 Å². The van der Waals surface area contributed by atoms with E-state index in [0.29, 0.717) is 23.3 Å². The Morgan fingerprint density at radius 3 is 2.55 bits per heavy atom. The number of hydrogen-bond donors (Lipinski definition) is 1. The molecule has 3 rings (SSSR count). The summed E-state index contributed by atoms with van der Waals surface area (Å²) >= 11 is 1.15. The van der Waals surface area contributed by atoms with Gasteiger partial charge in [0, 0.05) is 5.69 Å². The van der Waals surface area contributed by atoms with Crippen molar-refractivity contribution >= 4 is 23.6 Å². The highest BCUT2D eigenvalue weighted by molar-refractivity contribution is 7.99. The topological polar surface area (TPSA) is 95.3 Å². The molecule has 10 heteroatoms. The number of thioether (sulfide) groups is 1. The third-order valence-corrected chi connectivity index (χ3v) is 5.08. The summed E-state index contributed by atoms with van der Waals surface area (Å²) < 4.78 is 25.7. The van der Waals surface area contributed by atoms with E-state index in [9.17, 15) is 14.0 Å². The van der Waals surface area contributed by atoms with Gasteiger partial charge >= 0.3 is 5.97 Å². The van der Waals surface area contributed by atoms with Crippen molar-refractivity contribution in [2.75, 3.05) is 19.5 Å². The van der Waals surface area contributed by atoms with Crippen LogP contribution in [0.1, 0.15) is 23.1 Å². The van der Waals surface area contributed by atoms with E-state index in [-0.39, 0.29) is 17.9 Å². The molecule has 0 bridgehead atoms. The van der Waals surface area contributed by atoms with E-state index in [1.807, 2.05) is 19.1 Å². The second-order valence-corrected chi connectivity index (χ2v) is 7.13. The number of aromatic nitrogens is 3. The maximum absolute atomic E-state index is 13.9. The summed E-state index contributed by atoms with van der Waals surface area (Å²) in [4.78, 5) is 23.9. The highest BCUT2D eigenvalue weighted by Crippen LogP contribution is 2.24. The number of carbonyl (C=O) groups excluding carboxylic acids is 2. The number of halogens is 1. The molecule has 3 aromatic rings. The number of nitrogens with one attached hydrogen (secondary N) is 1. The quantitative estimate of drug-likeness (QED) is 0.400. The summed E-state index contributed by atoms with van der Waals surface area (Å²) in [5.41, 5.74) is 0.658. The third-order valence-electron chi connectivity index (χ3n) is 4.18. The zero-order valence-corrected chi connectivity index (χ0v) is 17.8. The van der Waals surface area contributed by atoms with E-state index in [0.717, 1.165) is 17.4 Å². The first kappa shape index (κ1) is 22.3. The maximum Gasteiger partial charge on any atom is 0.316 e. The van der Waals surface area contributed by atoms with Gasteiger partial charge in [0.15, 0.2) is 11.0 Å². The van der Waals surface area contributed by atoms with Crippen molar-refractivity contribution in [1.29, 1.82) is 0 Å². The largest absolute Gasteiger partial charge is 0.494 e. The summed E-state index contributed by atoms with van der Waals surface area (Å²) in [7, 11) is 1.31. The van der Waals surface area contributed by atoms with Gasteiger partial charge in [0.2, 0.25) is 0 Å². The molecular weight excluding hydrogens is 423 g/mol. The number of benzene rings is 2. The maximum atomic E-state index is 13.9. The van der Waals surface area contributed by atoms with Gasteiger partial charge in [-0.2, -0.15) is 0 Å². The molecule has 1 aromatic heterocycles. The molecule has 0 saturated heterocycles. The van der Waals surface area contributed by atoms with E-state index >= 15 is 0 Å². The van der Waals surface area contributed by atoms with Gasteiger partial charge in [-0.15, -0.1) is 10.2 Å². The van der Waals surface area contributed by atoms with E-state index in [1.54, 1.807) is 22.8 Å². The molecule has 0 radical (unpaired) electrons. The summed E-state index contributed by atoms with van der Waals surface area (Å²) in [6.07, 6.45) is 0. The van der Waals surface area contributed by atoms with Crippen molar-refractivity contribution in [2.24, 2.45) is 0 Å². The zero-order valence-electron chi connectivity index (χ0n) is 17.0. The van der Waals surface area contributed by atoms with Crippen LogP contribution in [0.15, 0.2) is 53.7 Å². The minimum atomic E-state index is -0.609. The summed E-state index contributed by atoms with van der Waals surface area (Å²) in [5.74, 6) is -0.405. The Bertz CT molecular complexity index is 1060. The number of amides is 1. The van der Waals surface area contributed by atoms with Crippen LogP contribution in [0.4, 0.5) is 4.39 Å². The van der Waals surface area contributed by atoms with Crippen LogP contribution in [0, 0.1) is 5.82 Å². The standard InChI is InChI=1S/C21H21FN4O4S/c1-3-30-15-10-8-14(9-11-15)26-18(24-25-21(26)31-13-19(27)29-2)12-23-20(28)16-6-4-5-7-17(16)22/h4-11H,3,12-13H2,1-2H3,(H,23,28). The fraction of sp³-hybridized carbons (Fsp3) is 0.238. The van der Waals surface area contributed by atoms with Crippen LogP contribution in [0.3, 0.4) is 0 Å². The van der Waals surface area contributed by atoms with E-state index in [2.05, 4.69) is 20.3 Å². The number of carbonyl (C=O) groups is 2. The molecule has 0 spiro atoms. The minimum absolute atomic E-state index is 0.00611. The van der Waals surface area contributed by atoms with Gasteiger partial charge in [-0.1, -0.05) is 23.9 Å². The van der Waals surface area contributed by atoms with E-state index < -0.39 is 17.7 Å². The Hall–Kier alpha value is -3.40. The number of rotatable bonds is 9. The second kappa shape index (κ2) is 10.6. The molecule has 162 valence electrons. The minimum Gasteiger partial charge on any atom is -0.494 e. The molecule has 0 unspecified atom stereocenters. The molecule has 2 aromatic carbocycles. The smallest absolute Gasteiger partial charge is 0.316 e. The molecule has 1 heterocycles. The fourth-order valence-electron chi connectivity index (χ4n) is 2.71. The lowest BCUT2D eigenvalue weighted by Crippen LogP contribution is -2.25. The molecular formula is C21H21FN4O4S. The van der Waals surface area contributed by atoms with Crippen molar-refractivity contribution in [3.8, 4) is 11.4 Å². The van der Waals surface area contributed by atoms with Crippen LogP contribution < -0.4 is 10.1 Å². The average Bonchev–Trinajstić information content (AvgIpc) is 3.19. The first-order chi connectivity index (χ1) is 15.0. The van der Waals surface area contributed by atoms with Gasteiger partial charge in [-0.25, -0.2) is 4.39 Å². The molecule has 1 N–H and O–H groups in total. The molecule has 31 heavy (non-hydrogen) atoms. The summed E-state index contributed by atoms with van der Waals surface area (Å²) in [6, 6.07) is 13.0. The number of nitrogens with zero attached hydrogens (tertiary/aromatic N) is 3. The molecule has 1 amide bonds. The fourth-order valence-corrected chi connectivity index (χ4v) is 3.51. The Morgan fingerprint density at radius 1 is 1.13 bits per heavy atom. The van der Waals surface area contributed by atoms with Crippen molar-refractivity contribution in [1.82, 2.24) is 20.1 Å². The van der Waals surface area contributed by atoms with Crippen molar-refractivity contribution in [3.63, 3.8) is 0 Å². The van der Waals surface area contributed by atoms with Crippen molar-refractivity contribution in [3.05, 3.63) is 65.7 Å². The average molecular weight is 444 g/mol. The van der Waals surface area contributed by atoms with Gasteiger partial charge in [-0.3, -0.25) is 14.2 Å². The second-order valence-electron chi connectivity index (χ2n) is 6.19. The van der Waals surface area contributed by atoms with E-state index in [1.165, 1.54) is 25.3 Å². The predicted molar refractivity (Wildman–Crippen MR) is 113 cm³/mol. The number of esters is 1. The first-order valence-corrected chi connectivity index (χ1v) is 10.4. The lowest BCUT2D eigenvalue weighted by molar-refractivity contribution is -0.137.